The molecule has 0 amide bonds. The summed E-state index contributed by atoms with van der Waals surface area (Å²) < 4.78 is 44.1. The van der Waals surface area contributed by atoms with Gasteiger partial charge in [-0.3, -0.25) is 0 Å². The van der Waals surface area contributed by atoms with Gasteiger partial charge in [0.25, 0.3) is 5.89 Å². The van der Waals surface area contributed by atoms with Crippen molar-refractivity contribution in [2.45, 2.75) is 6.18 Å². The summed E-state index contributed by atoms with van der Waals surface area (Å²) in [5.41, 5.74) is 1.81. The maximum Gasteiger partial charge on any atom is 0.416 e. The molecular formula is C21H15F3N4O. The summed E-state index contributed by atoms with van der Waals surface area (Å²) in [6.07, 6.45) is -2.72. The largest absolute Gasteiger partial charge is 0.416 e. The van der Waals surface area contributed by atoms with Gasteiger partial charge in [-0.15, -0.1) is 0 Å². The van der Waals surface area contributed by atoms with Crippen LogP contribution in [0, 0.1) is 0 Å². The van der Waals surface area contributed by atoms with E-state index in [4.69, 9.17) is 4.52 Å². The highest BCUT2D eigenvalue weighted by Crippen LogP contribution is 2.33. The molecule has 8 heteroatoms. The Labute approximate surface area is 164 Å². The van der Waals surface area contributed by atoms with Gasteiger partial charge in [0.05, 0.1) is 11.1 Å². The molecule has 4 rings (SSSR count). The van der Waals surface area contributed by atoms with Crippen LogP contribution in [0.2, 0.25) is 0 Å². The minimum Gasteiger partial charge on any atom is -0.373 e. The van der Waals surface area contributed by atoms with Crippen LogP contribution in [-0.4, -0.2) is 22.2 Å². The Bertz CT molecular complexity index is 1140. The molecule has 29 heavy (non-hydrogen) atoms. The minimum absolute atomic E-state index is 0.307. The third-order valence-corrected chi connectivity index (χ3v) is 4.37. The minimum atomic E-state index is -4.38. The topological polar surface area (TPSA) is 63.8 Å². The van der Waals surface area contributed by atoms with Crippen LogP contribution >= 0.6 is 0 Å². The third-order valence-electron chi connectivity index (χ3n) is 4.37. The van der Waals surface area contributed by atoms with Crippen LogP contribution in [0.25, 0.3) is 34.0 Å². The van der Waals surface area contributed by atoms with E-state index in [1.54, 1.807) is 49.6 Å². The zero-order valence-corrected chi connectivity index (χ0v) is 15.2. The summed E-state index contributed by atoms with van der Waals surface area (Å²) in [6, 6.07) is 15.7. The predicted octanol–water partition coefficient (Wildman–Crippen LogP) is 5.53. The van der Waals surface area contributed by atoms with Crippen LogP contribution in [0.4, 0.5) is 19.0 Å². The zero-order chi connectivity index (χ0) is 20.4. The van der Waals surface area contributed by atoms with Gasteiger partial charge in [-0.25, -0.2) is 4.98 Å². The highest BCUT2D eigenvalue weighted by Gasteiger charge is 2.30. The molecule has 1 N–H and O–H groups in total. The number of alkyl halides is 3. The Morgan fingerprint density at radius 2 is 1.66 bits per heavy atom. The molecule has 0 aliphatic carbocycles. The Hall–Kier alpha value is -3.68. The van der Waals surface area contributed by atoms with Crippen molar-refractivity contribution in [2.24, 2.45) is 0 Å². The lowest BCUT2D eigenvalue weighted by Crippen LogP contribution is -2.04. The molecule has 0 atom stereocenters. The van der Waals surface area contributed by atoms with Crippen molar-refractivity contribution in [1.82, 2.24) is 15.1 Å². The summed E-state index contributed by atoms with van der Waals surface area (Å²) in [5, 5.41) is 6.97. The average Bonchev–Trinajstić information content (AvgIpc) is 3.23. The Kier molecular flexibility index (Phi) is 4.75. The lowest BCUT2D eigenvalue weighted by Gasteiger charge is -2.09. The SMILES string of the molecule is CNc1ncccc1-c1noc(-c2ccc(-c3cccc(C(F)(F)F)c3)cc2)n1. The van der Waals surface area contributed by atoms with Crippen molar-refractivity contribution in [2.75, 3.05) is 12.4 Å². The summed E-state index contributed by atoms with van der Waals surface area (Å²) in [4.78, 5) is 8.61. The molecule has 0 saturated heterocycles. The van der Waals surface area contributed by atoms with E-state index in [1.165, 1.54) is 6.07 Å². The number of nitrogens with one attached hydrogen (secondary N) is 1. The van der Waals surface area contributed by atoms with Crippen molar-refractivity contribution in [1.29, 1.82) is 0 Å². The van der Waals surface area contributed by atoms with Gasteiger partial charge in [-0.2, -0.15) is 18.2 Å². The van der Waals surface area contributed by atoms with Crippen LogP contribution in [0.1, 0.15) is 5.56 Å². The molecule has 0 fully saturated rings. The number of benzene rings is 2. The maximum atomic E-state index is 12.9. The van der Waals surface area contributed by atoms with Crippen LogP contribution in [0.5, 0.6) is 0 Å². The van der Waals surface area contributed by atoms with Crippen molar-refractivity contribution in [3.63, 3.8) is 0 Å². The molecule has 0 saturated carbocycles. The Morgan fingerprint density at radius 1 is 0.897 bits per heavy atom. The monoisotopic (exact) mass is 396 g/mol. The van der Waals surface area contributed by atoms with E-state index in [-0.39, 0.29) is 0 Å². The van der Waals surface area contributed by atoms with E-state index in [2.05, 4.69) is 20.4 Å². The van der Waals surface area contributed by atoms with E-state index in [0.717, 1.165) is 12.1 Å². The first-order chi connectivity index (χ1) is 14.0. The lowest BCUT2D eigenvalue weighted by molar-refractivity contribution is -0.137. The molecule has 0 radical (unpaired) electrons. The predicted molar refractivity (Wildman–Crippen MR) is 103 cm³/mol. The van der Waals surface area contributed by atoms with E-state index in [1.807, 2.05) is 6.07 Å². The first-order valence-electron chi connectivity index (χ1n) is 8.70. The molecule has 0 bridgehead atoms. The maximum absolute atomic E-state index is 12.9. The number of hydrogen-bond acceptors (Lipinski definition) is 5. The molecule has 4 aromatic rings. The van der Waals surface area contributed by atoms with Crippen molar-refractivity contribution < 1.29 is 17.7 Å². The molecule has 0 unspecified atom stereocenters. The third kappa shape index (κ3) is 3.82. The van der Waals surface area contributed by atoms with Gasteiger partial charge in [0.15, 0.2) is 0 Å². The van der Waals surface area contributed by atoms with E-state index in [0.29, 0.717) is 39.8 Å². The number of halogens is 3. The second kappa shape index (κ2) is 7.38. The fourth-order valence-corrected chi connectivity index (χ4v) is 2.92. The van der Waals surface area contributed by atoms with Gasteiger partial charge in [-0.1, -0.05) is 29.4 Å². The van der Waals surface area contributed by atoms with Crippen molar-refractivity contribution >= 4 is 5.82 Å². The fraction of sp³-hybridized carbons (Fsp3) is 0.0952. The number of aromatic nitrogens is 3. The Morgan fingerprint density at radius 3 is 2.38 bits per heavy atom. The summed E-state index contributed by atoms with van der Waals surface area (Å²) in [5.74, 6) is 1.32. The van der Waals surface area contributed by atoms with Gasteiger partial charge >= 0.3 is 6.18 Å². The standard InChI is InChI=1S/C21H15F3N4O/c1-25-18-17(6-3-11-26-18)19-27-20(29-28-19)14-9-7-13(8-10-14)15-4-2-5-16(12-15)21(22,23)24/h2-12H,1H3,(H,25,26). The summed E-state index contributed by atoms with van der Waals surface area (Å²) in [7, 11) is 1.75. The highest BCUT2D eigenvalue weighted by molar-refractivity contribution is 5.72. The molecule has 5 nitrogen and oxygen atoms in total. The van der Waals surface area contributed by atoms with Crippen LogP contribution in [0.15, 0.2) is 71.4 Å². The van der Waals surface area contributed by atoms with E-state index >= 15 is 0 Å². The number of nitrogens with zero attached hydrogens (tertiary/aromatic N) is 3. The number of anilines is 1. The molecule has 146 valence electrons. The van der Waals surface area contributed by atoms with Crippen molar-refractivity contribution in [3.05, 3.63) is 72.4 Å². The van der Waals surface area contributed by atoms with Crippen LogP contribution in [-0.2, 0) is 6.18 Å². The lowest BCUT2D eigenvalue weighted by atomic mass is 10.0. The van der Waals surface area contributed by atoms with Gasteiger partial charge in [0.1, 0.15) is 5.82 Å². The quantitative estimate of drug-likeness (QED) is 0.492. The number of pyridine rings is 1. The second-order valence-corrected chi connectivity index (χ2v) is 6.23. The van der Waals surface area contributed by atoms with Crippen LogP contribution in [0.3, 0.4) is 0 Å². The molecule has 0 aliphatic rings. The summed E-state index contributed by atoms with van der Waals surface area (Å²) >= 11 is 0. The van der Waals surface area contributed by atoms with Crippen LogP contribution < -0.4 is 5.32 Å². The number of rotatable bonds is 4. The smallest absolute Gasteiger partial charge is 0.373 e. The van der Waals surface area contributed by atoms with Gasteiger partial charge in [0, 0.05) is 18.8 Å². The Balaban J connectivity index is 1.62. The normalized spacial score (nSPS) is 11.4. The molecule has 2 aromatic heterocycles. The first kappa shape index (κ1) is 18.7. The van der Waals surface area contributed by atoms with Gasteiger partial charge in [0.2, 0.25) is 5.82 Å². The second-order valence-electron chi connectivity index (χ2n) is 6.23. The molecule has 0 aliphatic heterocycles. The molecule has 2 aromatic carbocycles. The zero-order valence-electron chi connectivity index (χ0n) is 15.2. The highest BCUT2D eigenvalue weighted by atomic mass is 19.4. The van der Waals surface area contributed by atoms with Gasteiger partial charge in [-0.05, 0) is 47.5 Å². The summed E-state index contributed by atoms with van der Waals surface area (Å²) in [6.45, 7) is 0. The van der Waals surface area contributed by atoms with E-state index < -0.39 is 11.7 Å². The molecule has 0 spiro atoms. The van der Waals surface area contributed by atoms with Gasteiger partial charge < -0.3 is 9.84 Å². The number of hydrogen-bond donors (Lipinski definition) is 1. The van der Waals surface area contributed by atoms with Crippen molar-refractivity contribution in [3.8, 4) is 34.0 Å². The average molecular weight is 396 g/mol. The fourth-order valence-electron chi connectivity index (χ4n) is 2.92. The van der Waals surface area contributed by atoms with E-state index in [9.17, 15) is 13.2 Å². The molecular weight excluding hydrogens is 381 g/mol. The molecule has 2 heterocycles. The first-order valence-corrected chi connectivity index (χ1v) is 8.70.